The molecular formula is C17H23NO3S2. The Morgan fingerprint density at radius 3 is 2.43 bits per heavy atom. The Hall–Kier alpha value is -1.14. The zero-order chi connectivity index (χ0) is 17.1. The Morgan fingerprint density at radius 1 is 1.30 bits per heavy atom. The van der Waals surface area contributed by atoms with Crippen LogP contribution in [0.2, 0.25) is 0 Å². The summed E-state index contributed by atoms with van der Waals surface area (Å²) in [6, 6.07) is 8.17. The van der Waals surface area contributed by atoms with Crippen molar-refractivity contribution >= 4 is 35.4 Å². The summed E-state index contributed by atoms with van der Waals surface area (Å²) in [6.45, 7) is 6.48. The number of nitrogens with one attached hydrogen (secondary N) is 1. The maximum absolute atomic E-state index is 12.1. The molecule has 1 aromatic carbocycles. The van der Waals surface area contributed by atoms with E-state index in [0.717, 1.165) is 10.6 Å². The van der Waals surface area contributed by atoms with Crippen LogP contribution in [0.1, 0.15) is 32.8 Å². The van der Waals surface area contributed by atoms with Gasteiger partial charge in [-0.25, -0.2) is 4.79 Å². The van der Waals surface area contributed by atoms with E-state index >= 15 is 0 Å². The maximum atomic E-state index is 12.1. The average Bonchev–Trinajstić information content (AvgIpc) is 2.94. The molecule has 0 spiro atoms. The van der Waals surface area contributed by atoms with Gasteiger partial charge in [-0.2, -0.15) is 11.8 Å². The molecule has 23 heavy (non-hydrogen) atoms. The first-order chi connectivity index (χ1) is 10.7. The van der Waals surface area contributed by atoms with E-state index in [-0.39, 0.29) is 17.1 Å². The number of hydrogen-bond acceptors (Lipinski definition) is 4. The normalized spacial score (nSPS) is 21.2. The molecule has 1 aromatic rings. The van der Waals surface area contributed by atoms with Gasteiger partial charge < -0.3 is 10.4 Å². The minimum atomic E-state index is -1.08. The lowest BCUT2D eigenvalue weighted by atomic mass is 9.87. The SMILES string of the molecule is CC(C)(C)c1ccc(SCC(=O)NC2(C(=O)O)CCSC2)cc1. The van der Waals surface area contributed by atoms with Crippen molar-refractivity contribution < 1.29 is 14.7 Å². The molecule has 1 unspecified atom stereocenters. The summed E-state index contributed by atoms with van der Waals surface area (Å²) >= 11 is 3.00. The third-order valence-corrected chi connectivity index (χ3v) is 6.10. The third kappa shape index (κ3) is 4.67. The van der Waals surface area contributed by atoms with Gasteiger partial charge in [0.25, 0.3) is 0 Å². The highest BCUT2D eigenvalue weighted by atomic mass is 32.2. The molecule has 2 rings (SSSR count). The summed E-state index contributed by atoms with van der Waals surface area (Å²) < 4.78 is 0. The summed E-state index contributed by atoms with van der Waals surface area (Å²) in [5, 5.41) is 12.1. The topological polar surface area (TPSA) is 66.4 Å². The van der Waals surface area contributed by atoms with Crippen molar-refractivity contribution in [3.63, 3.8) is 0 Å². The summed E-state index contributed by atoms with van der Waals surface area (Å²) in [5.41, 5.74) is 0.270. The number of thioether (sulfide) groups is 2. The number of rotatable bonds is 5. The van der Waals surface area contributed by atoms with Crippen molar-refractivity contribution in [3.8, 4) is 0 Å². The zero-order valence-electron chi connectivity index (χ0n) is 13.7. The highest BCUT2D eigenvalue weighted by molar-refractivity contribution is 8.00. The molecule has 0 radical (unpaired) electrons. The molecule has 0 saturated carbocycles. The molecular weight excluding hydrogens is 330 g/mol. The predicted octanol–water partition coefficient (Wildman–Crippen LogP) is 3.15. The van der Waals surface area contributed by atoms with E-state index in [0.29, 0.717) is 12.2 Å². The Balaban J connectivity index is 1.90. The highest BCUT2D eigenvalue weighted by Gasteiger charge is 2.43. The molecule has 1 amide bonds. The van der Waals surface area contributed by atoms with Gasteiger partial charge in [0.2, 0.25) is 5.91 Å². The largest absolute Gasteiger partial charge is 0.479 e. The number of carbonyl (C=O) groups excluding carboxylic acids is 1. The molecule has 1 aliphatic rings. The summed E-state index contributed by atoms with van der Waals surface area (Å²) in [7, 11) is 0. The highest BCUT2D eigenvalue weighted by Crippen LogP contribution is 2.29. The van der Waals surface area contributed by atoms with Crippen LogP contribution < -0.4 is 5.32 Å². The molecule has 6 heteroatoms. The van der Waals surface area contributed by atoms with Crippen LogP contribution in [-0.4, -0.2) is 39.8 Å². The van der Waals surface area contributed by atoms with Gasteiger partial charge in [0, 0.05) is 10.6 Å². The Labute approximate surface area is 145 Å². The van der Waals surface area contributed by atoms with Crippen LogP contribution in [0.4, 0.5) is 0 Å². The van der Waals surface area contributed by atoms with E-state index in [1.165, 1.54) is 17.3 Å². The summed E-state index contributed by atoms with van der Waals surface area (Å²) in [6.07, 6.45) is 0.490. The number of amides is 1. The van der Waals surface area contributed by atoms with Crippen molar-refractivity contribution in [3.05, 3.63) is 29.8 Å². The van der Waals surface area contributed by atoms with Gasteiger partial charge in [0.05, 0.1) is 5.75 Å². The monoisotopic (exact) mass is 353 g/mol. The van der Waals surface area contributed by atoms with Crippen LogP contribution in [0.3, 0.4) is 0 Å². The molecule has 0 aliphatic carbocycles. The quantitative estimate of drug-likeness (QED) is 0.796. The molecule has 4 nitrogen and oxygen atoms in total. The lowest BCUT2D eigenvalue weighted by Crippen LogP contribution is -2.55. The van der Waals surface area contributed by atoms with Gasteiger partial charge in [0.1, 0.15) is 5.54 Å². The van der Waals surface area contributed by atoms with Crippen molar-refractivity contribution in [1.82, 2.24) is 5.32 Å². The van der Waals surface area contributed by atoms with Gasteiger partial charge in [0.15, 0.2) is 0 Å². The molecule has 0 bridgehead atoms. The fraction of sp³-hybridized carbons (Fsp3) is 0.529. The Morgan fingerprint density at radius 2 is 1.96 bits per heavy atom. The van der Waals surface area contributed by atoms with Crippen LogP contribution in [0.5, 0.6) is 0 Å². The number of carboxylic acids is 1. The maximum Gasteiger partial charge on any atom is 0.330 e. The molecule has 1 heterocycles. The number of benzene rings is 1. The molecule has 1 aliphatic heterocycles. The molecule has 126 valence electrons. The second kappa shape index (κ2) is 7.18. The number of carbonyl (C=O) groups is 2. The zero-order valence-corrected chi connectivity index (χ0v) is 15.4. The second-order valence-electron chi connectivity index (χ2n) is 6.80. The van der Waals surface area contributed by atoms with E-state index in [1.54, 1.807) is 11.8 Å². The standard InChI is InChI=1S/C17H23NO3S2/c1-16(2,3)12-4-6-13(7-5-12)23-10-14(19)18-17(15(20)21)8-9-22-11-17/h4-7H,8-11H2,1-3H3,(H,18,19)(H,20,21). The predicted molar refractivity (Wildman–Crippen MR) is 96.3 cm³/mol. The molecule has 1 atom stereocenters. The first kappa shape index (κ1) is 18.2. The van der Waals surface area contributed by atoms with Gasteiger partial charge in [-0.1, -0.05) is 32.9 Å². The fourth-order valence-corrected chi connectivity index (χ4v) is 4.41. The fourth-order valence-electron chi connectivity index (χ4n) is 2.39. The van der Waals surface area contributed by atoms with Gasteiger partial charge >= 0.3 is 5.97 Å². The van der Waals surface area contributed by atoms with E-state index in [9.17, 15) is 14.7 Å². The van der Waals surface area contributed by atoms with E-state index in [1.807, 2.05) is 12.1 Å². The van der Waals surface area contributed by atoms with E-state index in [4.69, 9.17) is 0 Å². The van der Waals surface area contributed by atoms with E-state index < -0.39 is 11.5 Å². The van der Waals surface area contributed by atoms with Crippen LogP contribution in [-0.2, 0) is 15.0 Å². The van der Waals surface area contributed by atoms with Gasteiger partial charge in [-0.3, -0.25) is 4.79 Å². The van der Waals surface area contributed by atoms with E-state index in [2.05, 4.69) is 38.2 Å². The summed E-state index contributed by atoms with van der Waals surface area (Å²) in [4.78, 5) is 24.5. The smallest absolute Gasteiger partial charge is 0.330 e. The minimum Gasteiger partial charge on any atom is -0.479 e. The lowest BCUT2D eigenvalue weighted by Gasteiger charge is -2.24. The summed E-state index contributed by atoms with van der Waals surface area (Å²) in [5.74, 6) is 0.289. The van der Waals surface area contributed by atoms with Crippen molar-refractivity contribution in [2.45, 2.75) is 43.0 Å². The van der Waals surface area contributed by atoms with Crippen LogP contribution >= 0.6 is 23.5 Å². The van der Waals surface area contributed by atoms with Gasteiger partial charge in [-0.05, 0) is 35.3 Å². The van der Waals surface area contributed by atoms with Crippen molar-refractivity contribution in [2.75, 3.05) is 17.3 Å². The molecule has 2 N–H and O–H groups in total. The van der Waals surface area contributed by atoms with Crippen LogP contribution in [0.25, 0.3) is 0 Å². The van der Waals surface area contributed by atoms with Gasteiger partial charge in [-0.15, -0.1) is 11.8 Å². The average molecular weight is 354 g/mol. The van der Waals surface area contributed by atoms with Crippen molar-refractivity contribution in [2.24, 2.45) is 0 Å². The Bertz CT molecular complexity index is 572. The van der Waals surface area contributed by atoms with Crippen LogP contribution in [0.15, 0.2) is 29.2 Å². The first-order valence-electron chi connectivity index (χ1n) is 7.58. The number of aliphatic carboxylic acids is 1. The Kier molecular flexibility index (Phi) is 5.68. The molecule has 1 fully saturated rings. The van der Waals surface area contributed by atoms with Crippen LogP contribution in [0, 0.1) is 0 Å². The van der Waals surface area contributed by atoms with Crippen molar-refractivity contribution in [1.29, 1.82) is 0 Å². The third-order valence-electron chi connectivity index (χ3n) is 3.90. The second-order valence-corrected chi connectivity index (χ2v) is 8.96. The molecule has 0 aromatic heterocycles. The number of hydrogen-bond donors (Lipinski definition) is 2. The minimum absolute atomic E-state index is 0.106. The lowest BCUT2D eigenvalue weighted by molar-refractivity contribution is -0.146. The molecule has 1 saturated heterocycles. The first-order valence-corrected chi connectivity index (χ1v) is 9.72. The number of carboxylic acid groups (broad SMARTS) is 1.